The van der Waals surface area contributed by atoms with E-state index in [1.54, 1.807) is 30.3 Å². The number of amides is 2. The van der Waals surface area contributed by atoms with Gasteiger partial charge in [0.05, 0.1) is 0 Å². The number of pyridine rings is 1. The summed E-state index contributed by atoms with van der Waals surface area (Å²) in [6, 6.07) is 15.8. The summed E-state index contributed by atoms with van der Waals surface area (Å²) in [5.74, 6) is -0.703. The Hall–Kier alpha value is -3.18. The van der Waals surface area contributed by atoms with Crippen molar-refractivity contribution in [2.75, 3.05) is 10.6 Å². The molecule has 0 atom stereocenters. The lowest BCUT2D eigenvalue weighted by Crippen LogP contribution is -2.17. The Kier molecular flexibility index (Phi) is 6.06. The second kappa shape index (κ2) is 8.67. The highest BCUT2D eigenvalue weighted by atomic mass is 35.5. The van der Waals surface area contributed by atoms with E-state index in [-0.39, 0.29) is 11.6 Å². The number of aryl methyl sites for hydroxylation is 2. The highest BCUT2D eigenvalue weighted by molar-refractivity contribution is 6.31. The Morgan fingerprint density at radius 3 is 2.54 bits per heavy atom. The summed E-state index contributed by atoms with van der Waals surface area (Å²) in [7, 11) is 0. The fourth-order valence-electron chi connectivity index (χ4n) is 2.85. The molecule has 3 aromatic rings. The molecular weight excluding hydrogens is 374 g/mol. The second-order valence-corrected chi connectivity index (χ2v) is 6.75. The quantitative estimate of drug-likeness (QED) is 0.632. The van der Waals surface area contributed by atoms with Gasteiger partial charge in [-0.05, 0) is 54.8 Å². The molecule has 0 radical (unpaired) electrons. The molecular formula is C22H20ClN3O2. The van der Waals surface area contributed by atoms with Gasteiger partial charge < -0.3 is 10.6 Å². The average molecular weight is 394 g/mol. The number of rotatable bonds is 5. The molecule has 0 fully saturated rings. The van der Waals surface area contributed by atoms with Crippen LogP contribution in [0, 0.1) is 6.92 Å². The van der Waals surface area contributed by atoms with Gasteiger partial charge in [0, 0.05) is 28.2 Å². The first-order valence-electron chi connectivity index (χ1n) is 8.90. The molecule has 2 aromatic carbocycles. The van der Waals surface area contributed by atoms with Crippen molar-refractivity contribution in [2.24, 2.45) is 0 Å². The Morgan fingerprint density at radius 2 is 1.79 bits per heavy atom. The van der Waals surface area contributed by atoms with Crippen LogP contribution in [0.5, 0.6) is 0 Å². The molecule has 2 amide bonds. The van der Waals surface area contributed by atoms with Gasteiger partial charge in [-0.15, -0.1) is 0 Å². The lowest BCUT2D eigenvalue weighted by atomic mass is 10.1. The van der Waals surface area contributed by atoms with Crippen LogP contribution < -0.4 is 10.6 Å². The van der Waals surface area contributed by atoms with E-state index in [0.29, 0.717) is 16.3 Å². The van der Waals surface area contributed by atoms with Crippen LogP contribution in [0.3, 0.4) is 0 Å². The minimum Gasteiger partial charge on any atom is -0.321 e. The lowest BCUT2D eigenvalue weighted by Gasteiger charge is -2.13. The number of aromatic nitrogens is 1. The number of benzene rings is 2. The van der Waals surface area contributed by atoms with Gasteiger partial charge in [0.15, 0.2) is 0 Å². The van der Waals surface area contributed by atoms with Gasteiger partial charge in [-0.2, -0.15) is 0 Å². The Bertz CT molecular complexity index is 1030. The number of para-hydroxylation sites is 1. The summed E-state index contributed by atoms with van der Waals surface area (Å²) < 4.78 is 0. The molecule has 0 aliphatic carbocycles. The Balaban J connectivity index is 1.79. The molecule has 0 spiro atoms. The van der Waals surface area contributed by atoms with Gasteiger partial charge in [-0.25, -0.2) is 0 Å². The predicted octanol–water partition coefficient (Wildman–Crippen LogP) is 5.11. The summed E-state index contributed by atoms with van der Waals surface area (Å²) in [4.78, 5) is 29.3. The summed E-state index contributed by atoms with van der Waals surface area (Å²) in [6.07, 6.45) is 2.25. The van der Waals surface area contributed by atoms with Crippen molar-refractivity contribution >= 4 is 34.8 Å². The largest absolute Gasteiger partial charge is 0.321 e. The molecule has 1 heterocycles. The van der Waals surface area contributed by atoms with E-state index in [9.17, 15) is 9.59 Å². The SMILES string of the molecule is CCc1cccc(C)c1NC(=O)c1ccnc(C(=O)Nc2cccc(Cl)c2)c1. The number of nitrogens with one attached hydrogen (secondary N) is 2. The van der Waals surface area contributed by atoms with E-state index in [4.69, 9.17) is 11.6 Å². The maximum Gasteiger partial charge on any atom is 0.274 e. The number of hydrogen-bond acceptors (Lipinski definition) is 3. The first kappa shape index (κ1) is 19.6. The topological polar surface area (TPSA) is 71.1 Å². The standard InChI is InChI=1S/C22H20ClN3O2/c1-3-15-7-4-6-14(2)20(15)26-21(27)16-10-11-24-19(12-16)22(28)25-18-9-5-8-17(23)13-18/h4-13H,3H2,1-2H3,(H,25,28)(H,26,27). The van der Waals surface area contributed by atoms with E-state index in [2.05, 4.69) is 15.6 Å². The number of carbonyl (C=O) groups excluding carboxylic acids is 2. The number of carbonyl (C=O) groups is 2. The van der Waals surface area contributed by atoms with E-state index in [1.807, 2.05) is 32.0 Å². The fraction of sp³-hybridized carbons (Fsp3) is 0.136. The van der Waals surface area contributed by atoms with Crippen LogP contribution in [0.2, 0.25) is 5.02 Å². The molecule has 0 saturated carbocycles. The molecule has 1 aromatic heterocycles. The van der Waals surface area contributed by atoms with Crippen molar-refractivity contribution < 1.29 is 9.59 Å². The average Bonchev–Trinajstić information content (AvgIpc) is 2.69. The monoisotopic (exact) mass is 393 g/mol. The first-order valence-corrected chi connectivity index (χ1v) is 9.28. The molecule has 142 valence electrons. The number of anilines is 2. The highest BCUT2D eigenvalue weighted by Gasteiger charge is 2.14. The molecule has 3 rings (SSSR count). The maximum atomic E-state index is 12.7. The zero-order valence-corrected chi connectivity index (χ0v) is 16.4. The molecule has 0 bridgehead atoms. The summed E-state index contributed by atoms with van der Waals surface area (Å²) in [5.41, 5.74) is 3.91. The molecule has 2 N–H and O–H groups in total. The smallest absolute Gasteiger partial charge is 0.274 e. The number of hydrogen-bond donors (Lipinski definition) is 2. The minimum absolute atomic E-state index is 0.146. The van der Waals surface area contributed by atoms with Crippen LogP contribution in [0.4, 0.5) is 11.4 Å². The van der Waals surface area contributed by atoms with E-state index >= 15 is 0 Å². The molecule has 6 heteroatoms. The van der Waals surface area contributed by atoms with Crippen molar-refractivity contribution in [1.82, 2.24) is 4.98 Å². The van der Waals surface area contributed by atoms with E-state index in [1.165, 1.54) is 12.3 Å². The highest BCUT2D eigenvalue weighted by Crippen LogP contribution is 2.22. The van der Waals surface area contributed by atoms with Gasteiger partial charge in [0.2, 0.25) is 0 Å². The zero-order valence-electron chi connectivity index (χ0n) is 15.6. The van der Waals surface area contributed by atoms with Crippen LogP contribution >= 0.6 is 11.6 Å². The normalized spacial score (nSPS) is 10.4. The molecule has 0 saturated heterocycles. The Morgan fingerprint density at radius 1 is 1.00 bits per heavy atom. The predicted molar refractivity (Wildman–Crippen MR) is 112 cm³/mol. The number of halogens is 1. The molecule has 5 nitrogen and oxygen atoms in total. The van der Waals surface area contributed by atoms with Gasteiger partial charge in [0.1, 0.15) is 5.69 Å². The van der Waals surface area contributed by atoms with Crippen LogP contribution in [-0.2, 0) is 6.42 Å². The maximum absolute atomic E-state index is 12.7. The van der Waals surface area contributed by atoms with Crippen LogP contribution in [-0.4, -0.2) is 16.8 Å². The summed E-state index contributed by atoms with van der Waals surface area (Å²) in [6.45, 7) is 3.99. The van der Waals surface area contributed by atoms with Crippen molar-refractivity contribution in [1.29, 1.82) is 0 Å². The van der Waals surface area contributed by atoms with E-state index < -0.39 is 5.91 Å². The van der Waals surface area contributed by atoms with Gasteiger partial charge in [0.25, 0.3) is 11.8 Å². The summed E-state index contributed by atoms with van der Waals surface area (Å²) >= 11 is 5.94. The van der Waals surface area contributed by atoms with Gasteiger partial charge in [-0.1, -0.05) is 42.8 Å². The van der Waals surface area contributed by atoms with Crippen molar-refractivity contribution in [3.8, 4) is 0 Å². The Labute approximate surface area is 168 Å². The van der Waals surface area contributed by atoms with Crippen LogP contribution in [0.25, 0.3) is 0 Å². The van der Waals surface area contributed by atoms with Crippen LogP contribution in [0.1, 0.15) is 38.9 Å². The fourth-order valence-corrected chi connectivity index (χ4v) is 3.04. The van der Waals surface area contributed by atoms with Crippen molar-refractivity contribution in [2.45, 2.75) is 20.3 Å². The first-order chi connectivity index (χ1) is 13.5. The van der Waals surface area contributed by atoms with Gasteiger partial charge in [-0.3, -0.25) is 14.6 Å². The third kappa shape index (κ3) is 4.56. The van der Waals surface area contributed by atoms with E-state index in [0.717, 1.165) is 23.2 Å². The molecule has 0 unspecified atom stereocenters. The minimum atomic E-state index is -0.415. The third-order valence-electron chi connectivity index (χ3n) is 4.32. The lowest BCUT2D eigenvalue weighted by molar-refractivity contribution is 0.102. The zero-order chi connectivity index (χ0) is 20.1. The van der Waals surface area contributed by atoms with Crippen molar-refractivity contribution in [3.63, 3.8) is 0 Å². The number of nitrogens with zero attached hydrogens (tertiary/aromatic N) is 1. The van der Waals surface area contributed by atoms with Crippen LogP contribution in [0.15, 0.2) is 60.8 Å². The summed E-state index contributed by atoms with van der Waals surface area (Å²) in [5, 5.41) is 6.20. The van der Waals surface area contributed by atoms with Gasteiger partial charge >= 0.3 is 0 Å². The van der Waals surface area contributed by atoms with Crippen molar-refractivity contribution in [3.05, 3.63) is 88.2 Å². The molecule has 0 aliphatic heterocycles. The molecule has 0 aliphatic rings. The second-order valence-electron chi connectivity index (χ2n) is 6.31. The third-order valence-corrected chi connectivity index (χ3v) is 4.55. The molecule has 28 heavy (non-hydrogen) atoms.